The summed E-state index contributed by atoms with van der Waals surface area (Å²) in [6.45, 7) is 1.36. The van der Waals surface area contributed by atoms with Crippen molar-refractivity contribution in [3.8, 4) is 17.0 Å². The third-order valence-electron chi connectivity index (χ3n) is 6.18. The van der Waals surface area contributed by atoms with Crippen molar-refractivity contribution in [3.63, 3.8) is 0 Å². The van der Waals surface area contributed by atoms with Crippen LogP contribution in [0.3, 0.4) is 0 Å². The average Bonchev–Trinajstić information content (AvgIpc) is 3.23. The number of hydrogen-bond acceptors (Lipinski definition) is 7. The zero-order valence-corrected chi connectivity index (χ0v) is 22.5. The molecule has 0 fully saturated rings. The summed E-state index contributed by atoms with van der Waals surface area (Å²) in [4.78, 5) is 25.2. The predicted octanol–water partition coefficient (Wildman–Crippen LogP) is 5.10. The van der Waals surface area contributed by atoms with Gasteiger partial charge in [0, 0.05) is 62.1 Å². The molecule has 0 saturated carbocycles. The van der Waals surface area contributed by atoms with E-state index >= 15 is 0 Å². The number of fused-ring (bicyclic) bond motifs is 1. The highest BCUT2D eigenvalue weighted by Gasteiger charge is 2.18. The number of carbonyl (C=O) groups excluding carboxylic acids is 1. The van der Waals surface area contributed by atoms with Gasteiger partial charge in [0.05, 0.1) is 35.9 Å². The second kappa shape index (κ2) is 11.9. The highest BCUT2D eigenvalue weighted by Crippen LogP contribution is 2.38. The van der Waals surface area contributed by atoms with Crippen LogP contribution in [-0.2, 0) is 11.8 Å². The van der Waals surface area contributed by atoms with E-state index in [1.54, 1.807) is 18.3 Å². The molecule has 0 spiro atoms. The van der Waals surface area contributed by atoms with E-state index in [9.17, 15) is 13.6 Å². The summed E-state index contributed by atoms with van der Waals surface area (Å²) in [5.41, 5.74) is 4.14. The van der Waals surface area contributed by atoms with Crippen LogP contribution in [0.4, 0.5) is 31.8 Å². The Kier molecular flexibility index (Phi) is 8.40. The maximum Gasteiger partial charge on any atom is 0.275 e. The minimum absolute atomic E-state index is 0.248. The molecule has 1 amide bonds. The molecule has 204 valence electrons. The van der Waals surface area contributed by atoms with Crippen molar-refractivity contribution in [1.29, 1.82) is 0 Å². The number of nitrogens with one attached hydrogen (secondary N) is 2. The van der Waals surface area contributed by atoms with E-state index in [1.807, 2.05) is 79.1 Å². The summed E-state index contributed by atoms with van der Waals surface area (Å²) in [5, 5.41) is 6.78. The van der Waals surface area contributed by atoms with Gasteiger partial charge in [0.15, 0.2) is 0 Å². The molecule has 39 heavy (non-hydrogen) atoms. The van der Waals surface area contributed by atoms with Gasteiger partial charge in [-0.05, 0) is 32.3 Å². The number of anilines is 4. The van der Waals surface area contributed by atoms with Crippen molar-refractivity contribution < 1.29 is 18.3 Å². The number of hydrogen-bond donors (Lipinski definition) is 2. The van der Waals surface area contributed by atoms with E-state index in [2.05, 4.69) is 15.6 Å². The molecule has 0 aliphatic heterocycles. The molecular formula is C28H31F2N7O2. The van der Waals surface area contributed by atoms with E-state index in [0.29, 0.717) is 35.3 Å². The smallest absolute Gasteiger partial charge is 0.275 e. The van der Waals surface area contributed by atoms with Crippen LogP contribution >= 0.6 is 0 Å². The lowest BCUT2D eigenvalue weighted by molar-refractivity contribution is -0.112. The van der Waals surface area contributed by atoms with Crippen molar-refractivity contribution >= 4 is 39.8 Å². The van der Waals surface area contributed by atoms with Gasteiger partial charge in [-0.3, -0.25) is 4.79 Å². The number of methoxy groups -OCH3 is 1. The molecule has 2 N–H and O–H groups in total. The lowest BCUT2D eigenvalue weighted by atomic mass is 10.1. The first-order chi connectivity index (χ1) is 18.7. The molecule has 2 aromatic carbocycles. The van der Waals surface area contributed by atoms with Crippen molar-refractivity contribution in [3.05, 3.63) is 67.0 Å². The molecule has 0 saturated heterocycles. The van der Waals surface area contributed by atoms with Gasteiger partial charge in [-0.25, -0.2) is 9.97 Å². The Morgan fingerprint density at radius 2 is 1.87 bits per heavy atom. The number of rotatable bonds is 10. The lowest BCUT2D eigenvalue weighted by Crippen LogP contribution is -2.29. The number of ether oxygens (including phenoxy) is 1. The molecule has 2 aromatic heterocycles. The fourth-order valence-corrected chi connectivity index (χ4v) is 4.23. The molecule has 2 heterocycles. The first-order valence-electron chi connectivity index (χ1n) is 12.2. The summed E-state index contributed by atoms with van der Waals surface area (Å²) < 4.78 is 33.2. The van der Waals surface area contributed by atoms with Crippen molar-refractivity contribution in [2.24, 2.45) is 7.05 Å². The maximum absolute atomic E-state index is 12.8. The fourth-order valence-electron chi connectivity index (χ4n) is 4.23. The number of amides is 1. The zero-order valence-electron chi connectivity index (χ0n) is 22.5. The summed E-state index contributed by atoms with van der Waals surface area (Å²) in [6.07, 6.45) is 1.83. The normalized spacial score (nSPS) is 11.0. The average molecular weight is 536 g/mol. The van der Waals surface area contributed by atoms with Crippen LogP contribution < -0.4 is 20.3 Å². The summed E-state index contributed by atoms with van der Waals surface area (Å²) >= 11 is 0. The fraction of sp³-hybridized carbons (Fsp3) is 0.250. The minimum Gasteiger partial charge on any atom is -0.494 e. The Hall–Kier alpha value is -4.51. The van der Waals surface area contributed by atoms with Gasteiger partial charge in [-0.1, -0.05) is 18.2 Å². The Morgan fingerprint density at radius 3 is 2.59 bits per heavy atom. The number of likely N-dealkylation sites (N-methyl/N-ethyl adjacent to an activating group) is 2. The molecule has 9 nitrogen and oxygen atoms in total. The van der Waals surface area contributed by atoms with Crippen molar-refractivity contribution in [2.45, 2.75) is 0 Å². The van der Waals surface area contributed by atoms with E-state index in [0.717, 1.165) is 28.7 Å². The second-order valence-corrected chi connectivity index (χ2v) is 9.28. The number of carbonyl (C=O) groups is 1. The topological polar surface area (TPSA) is 87.5 Å². The quantitative estimate of drug-likeness (QED) is 0.273. The van der Waals surface area contributed by atoms with Gasteiger partial charge < -0.3 is 29.7 Å². The standard InChI is InChI=1S/C28H31F2N7O2/c1-35(2)12-13-36(3)24-15-25(39-5)22(14-21(24)32-27(38)16-26(29)30)34-28-31-11-10-20(33-28)19-17-37(4)23-9-7-6-8-18(19)23/h6-11,14-17H,12-13H2,1-5H3,(H,32,38)(H,31,33,34). The van der Waals surface area contributed by atoms with Crippen LogP contribution in [0.1, 0.15) is 0 Å². The molecule has 0 unspecified atom stereocenters. The van der Waals surface area contributed by atoms with Crippen molar-refractivity contribution in [1.82, 2.24) is 19.4 Å². The van der Waals surface area contributed by atoms with E-state index in [4.69, 9.17) is 9.72 Å². The van der Waals surface area contributed by atoms with Gasteiger partial charge in [0.25, 0.3) is 12.0 Å². The Morgan fingerprint density at radius 1 is 1.10 bits per heavy atom. The summed E-state index contributed by atoms with van der Waals surface area (Å²) in [5.74, 6) is -0.173. The number of benzene rings is 2. The number of halogens is 2. The van der Waals surface area contributed by atoms with E-state index < -0.39 is 12.0 Å². The number of para-hydroxylation sites is 1. The molecule has 0 bridgehead atoms. The van der Waals surface area contributed by atoms with Crippen molar-refractivity contribution in [2.75, 3.05) is 56.9 Å². The maximum atomic E-state index is 12.8. The largest absolute Gasteiger partial charge is 0.494 e. The Balaban J connectivity index is 1.72. The highest BCUT2D eigenvalue weighted by molar-refractivity contribution is 6.02. The van der Waals surface area contributed by atoms with Crippen LogP contribution in [0.25, 0.3) is 22.2 Å². The first-order valence-corrected chi connectivity index (χ1v) is 12.2. The Bertz CT molecular complexity index is 1510. The van der Waals surface area contributed by atoms with Gasteiger partial charge in [0.1, 0.15) is 5.75 Å². The van der Waals surface area contributed by atoms with Crippen LogP contribution in [0, 0.1) is 0 Å². The van der Waals surface area contributed by atoms with E-state index in [1.165, 1.54) is 7.11 Å². The van der Waals surface area contributed by atoms with Crippen LogP contribution in [0.5, 0.6) is 5.75 Å². The number of nitrogens with zero attached hydrogens (tertiary/aromatic N) is 5. The molecule has 0 aliphatic carbocycles. The third-order valence-corrected chi connectivity index (χ3v) is 6.18. The monoisotopic (exact) mass is 535 g/mol. The minimum atomic E-state index is -2.08. The summed E-state index contributed by atoms with van der Waals surface area (Å²) in [6, 6.07) is 13.2. The molecule has 4 rings (SSSR count). The molecule has 11 heteroatoms. The number of aromatic nitrogens is 3. The molecular weight excluding hydrogens is 504 g/mol. The van der Waals surface area contributed by atoms with Gasteiger partial charge in [-0.15, -0.1) is 0 Å². The molecule has 4 aromatic rings. The molecule has 0 atom stereocenters. The lowest BCUT2D eigenvalue weighted by Gasteiger charge is -2.26. The van der Waals surface area contributed by atoms with Crippen LogP contribution in [-0.4, -0.2) is 66.7 Å². The van der Waals surface area contributed by atoms with Gasteiger partial charge in [-0.2, -0.15) is 8.78 Å². The summed E-state index contributed by atoms with van der Waals surface area (Å²) in [7, 11) is 9.25. The van der Waals surface area contributed by atoms with Crippen LogP contribution in [0.15, 0.2) is 67.0 Å². The van der Waals surface area contributed by atoms with Crippen LogP contribution in [0.2, 0.25) is 0 Å². The molecule has 0 radical (unpaired) electrons. The predicted molar refractivity (Wildman–Crippen MR) is 151 cm³/mol. The highest BCUT2D eigenvalue weighted by atomic mass is 19.3. The van der Waals surface area contributed by atoms with Gasteiger partial charge in [0.2, 0.25) is 5.95 Å². The molecule has 0 aliphatic rings. The first kappa shape index (κ1) is 27.5. The third kappa shape index (κ3) is 6.50. The second-order valence-electron chi connectivity index (χ2n) is 9.28. The zero-order chi connectivity index (χ0) is 28.1. The van der Waals surface area contributed by atoms with E-state index in [-0.39, 0.29) is 6.08 Å². The van der Waals surface area contributed by atoms with Gasteiger partial charge >= 0.3 is 0 Å². The Labute approximate surface area is 225 Å². The SMILES string of the molecule is COc1cc(N(C)CCN(C)C)c(NC(=O)C=C(F)F)cc1Nc1nccc(-c2cn(C)c3ccccc23)n1. The number of aryl methyl sites for hydroxylation is 1.